The van der Waals surface area contributed by atoms with Gasteiger partial charge in [-0.3, -0.25) is 4.79 Å². The molecule has 0 bridgehead atoms. The number of carboxylic acid groups (broad SMARTS) is 1. The van der Waals surface area contributed by atoms with Gasteiger partial charge >= 0.3 is 5.97 Å². The van der Waals surface area contributed by atoms with Crippen LogP contribution in [0, 0.1) is 11.2 Å². The molecule has 1 N–H and O–H groups in total. The van der Waals surface area contributed by atoms with Gasteiger partial charge in [0.15, 0.2) is 0 Å². The van der Waals surface area contributed by atoms with Crippen LogP contribution in [0.5, 0.6) is 11.6 Å². The average Bonchev–Trinajstić information content (AvgIpc) is 3.26. The number of carboxylic acids is 1. The standard InChI is InChI=1S/C32H36FNO4/c1-32(2)13-5-8-28(32)26-14-20(9-12-24(26)27-17-30(37-3)34-18-29(27)33)19-38-23-11-10-21-6-4-7-22(15-31(35)36)25(21)16-23/h9-12,14,16-18,22,28H,4-8,13,15,19H2,1-3H3,(H,35,36)/t22-,28+/m1/s1. The second kappa shape index (κ2) is 10.8. The highest BCUT2D eigenvalue weighted by Gasteiger charge is 2.37. The number of nitrogens with zero attached hydrogens (tertiary/aromatic N) is 1. The van der Waals surface area contributed by atoms with E-state index in [1.54, 1.807) is 6.07 Å². The van der Waals surface area contributed by atoms with Gasteiger partial charge in [-0.15, -0.1) is 0 Å². The molecule has 38 heavy (non-hydrogen) atoms. The molecule has 1 aromatic heterocycles. The summed E-state index contributed by atoms with van der Waals surface area (Å²) < 4.78 is 26.5. The largest absolute Gasteiger partial charge is 0.489 e. The third kappa shape index (κ3) is 5.40. The lowest BCUT2D eigenvalue weighted by molar-refractivity contribution is -0.137. The normalized spacial score (nSPS) is 20.1. The zero-order valence-corrected chi connectivity index (χ0v) is 22.4. The van der Waals surface area contributed by atoms with Gasteiger partial charge in [0.1, 0.15) is 18.2 Å². The Morgan fingerprint density at radius 2 is 1.92 bits per heavy atom. The van der Waals surface area contributed by atoms with Gasteiger partial charge in [-0.25, -0.2) is 9.37 Å². The lowest BCUT2D eigenvalue weighted by atomic mass is 9.75. The molecule has 5 rings (SSSR count). The molecule has 2 aromatic carbocycles. The Morgan fingerprint density at radius 3 is 2.66 bits per heavy atom. The Morgan fingerprint density at radius 1 is 1.08 bits per heavy atom. The van der Waals surface area contributed by atoms with Gasteiger partial charge < -0.3 is 14.6 Å². The highest BCUT2D eigenvalue weighted by Crippen LogP contribution is 2.51. The summed E-state index contributed by atoms with van der Waals surface area (Å²) in [6, 6.07) is 13.9. The van der Waals surface area contributed by atoms with Gasteiger partial charge in [0.2, 0.25) is 5.88 Å². The van der Waals surface area contributed by atoms with E-state index in [9.17, 15) is 14.3 Å². The zero-order valence-electron chi connectivity index (χ0n) is 22.4. The number of aliphatic carboxylic acids is 1. The summed E-state index contributed by atoms with van der Waals surface area (Å²) in [6.45, 7) is 4.97. The minimum absolute atomic E-state index is 0.0301. The molecule has 0 radical (unpaired) electrons. The fourth-order valence-corrected chi connectivity index (χ4v) is 6.43. The number of rotatable bonds is 8. The van der Waals surface area contributed by atoms with Gasteiger partial charge in [-0.2, -0.15) is 0 Å². The van der Waals surface area contributed by atoms with Crippen LogP contribution >= 0.6 is 0 Å². The van der Waals surface area contributed by atoms with Gasteiger partial charge in [-0.05, 0) is 89.3 Å². The molecule has 0 spiro atoms. The van der Waals surface area contributed by atoms with E-state index in [0.717, 1.165) is 66.5 Å². The van der Waals surface area contributed by atoms with Crippen LogP contribution < -0.4 is 9.47 Å². The first kappa shape index (κ1) is 26.2. The number of hydrogen-bond donors (Lipinski definition) is 1. The quantitative estimate of drug-likeness (QED) is 0.332. The minimum atomic E-state index is -0.764. The molecular weight excluding hydrogens is 481 g/mol. The van der Waals surface area contributed by atoms with E-state index in [-0.39, 0.29) is 23.6 Å². The predicted molar refractivity (Wildman–Crippen MR) is 145 cm³/mol. The van der Waals surface area contributed by atoms with Crippen molar-refractivity contribution in [2.45, 2.75) is 77.2 Å². The smallest absolute Gasteiger partial charge is 0.303 e. The van der Waals surface area contributed by atoms with Crippen molar-refractivity contribution in [3.63, 3.8) is 0 Å². The maximum atomic E-state index is 15.0. The number of fused-ring (bicyclic) bond motifs is 1. The van der Waals surface area contributed by atoms with Crippen molar-refractivity contribution >= 4 is 5.97 Å². The second-order valence-corrected chi connectivity index (χ2v) is 11.4. The van der Waals surface area contributed by atoms with Crippen LogP contribution in [0.1, 0.15) is 86.5 Å². The lowest BCUT2D eigenvalue weighted by Crippen LogP contribution is -2.17. The molecule has 0 unspecified atom stereocenters. The number of aryl methyl sites for hydroxylation is 1. The molecule has 3 aromatic rings. The first-order valence-corrected chi connectivity index (χ1v) is 13.6. The van der Waals surface area contributed by atoms with Gasteiger partial charge in [-0.1, -0.05) is 44.5 Å². The number of methoxy groups -OCH3 is 1. The van der Waals surface area contributed by atoms with Crippen molar-refractivity contribution in [1.29, 1.82) is 0 Å². The number of hydrogen-bond acceptors (Lipinski definition) is 4. The van der Waals surface area contributed by atoms with E-state index in [0.29, 0.717) is 24.0 Å². The zero-order chi connectivity index (χ0) is 26.9. The summed E-state index contributed by atoms with van der Waals surface area (Å²) in [5.74, 6) is 0.340. The SMILES string of the molecule is COc1cc(-c2ccc(COc3ccc4c(c3)[C@@H](CC(=O)O)CCC4)cc2[C@@H]2CCCC2(C)C)c(F)cn1. The van der Waals surface area contributed by atoms with Crippen LogP contribution in [-0.2, 0) is 17.8 Å². The fourth-order valence-electron chi connectivity index (χ4n) is 6.43. The monoisotopic (exact) mass is 517 g/mol. The summed E-state index contributed by atoms with van der Waals surface area (Å²) in [7, 11) is 1.54. The highest BCUT2D eigenvalue weighted by molar-refractivity contribution is 5.70. The molecule has 2 atom stereocenters. The van der Waals surface area contributed by atoms with Crippen LogP contribution in [0.4, 0.5) is 4.39 Å². The summed E-state index contributed by atoms with van der Waals surface area (Å²) in [5, 5.41) is 9.35. The number of halogens is 1. The van der Waals surface area contributed by atoms with E-state index in [1.165, 1.54) is 18.9 Å². The molecule has 200 valence electrons. The highest BCUT2D eigenvalue weighted by atomic mass is 19.1. The summed E-state index contributed by atoms with van der Waals surface area (Å²) in [4.78, 5) is 15.4. The molecule has 5 nitrogen and oxygen atoms in total. The van der Waals surface area contributed by atoms with E-state index in [4.69, 9.17) is 9.47 Å². The fraction of sp³-hybridized carbons (Fsp3) is 0.438. The van der Waals surface area contributed by atoms with Crippen molar-refractivity contribution in [2.75, 3.05) is 7.11 Å². The van der Waals surface area contributed by atoms with E-state index < -0.39 is 5.97 Å². The third-order valence-corrected chi connectivity index (χ3v) is 8.46. The first-order valence-electron chi connectivity index (χ1n) is 13.6. The Bertz CT molecular complexity index is 1340. The van der Waals surface area contributed by atoms with Crippen molar-refractivity contribution in [3.05, 3.63) is 76.7 Å². The van der Waals surface area contributed by atoms with Crippen LogP contribution in [-0.4, -0.2) is 23.2 Å². The second-order valence-electron chi connectivity index (χ2n) is 11.4. The summed E-state index contributed by atoms with van der Waals surface area (Å²) >= 11 is 0. The van der Waals surface area contributed by atoms with Crippen LogP contribution in [0.3, 0.4) is 0 Å². The van der Waals surface area contributed by atoms with E-state index in [2.05, 4.69) is 31.0 Å². The van der Waals surface area contributed by atoms with Gasteiger partial charge in [0.05, 0.1) is 19.7 Å². The molecule has 1 fully saturated rings. The molecule has 6 heteroatoms. The average molecular weight is 518 g/mol. The van der Waals surface area contributed by atoms with Crippen LogP contribution in [0.2, 0.25) is 0 Å². The molecule has 2 aliphatic rings. The van der Waals surface area contributed by atoms with Gasteiger partial charge in [0.25, 0.3) is 0 Å². The van der Waals surface area contributed by atoms with Crippen molar-refractivity contribution in [1.82, 2.24) is 4.98 Å². The molecule has 1 heterocycles. The molecule has 0 amide bonds. The maximum Gasteiger partial charge on any atom is 0.303 e. The van der Waals surface area contributed by atoms with Crippen molar-refractivity contribution < 1.29 is 23.8 Å². The van der Waals surface area contributed by atoms with Crippen molar-refractivity contribution in [2.24, 2.45) is 5.41 Å². The Balaban J connectivity index is 1.45. The molecule has 2 aliphatic carbocycles. The van der Waals surface area contributed by atoms with Crippen molar-refractivity contribution in [3.8, 4) is 22.8 Å². The predicted octanol–water partition coefficient (Wildman–Crippen LogP) is 7.66. The minimum Gasteiger partial charge on any atom is -0.489 e. The summed E-state index contributed by atoms with van der Waals surface area (Å²) in [5.41, 5.74) is 5.96. The first-order chi connectivity index (χ1) is 18.2. The van der Waals surface area contributed by atoms with Crippen LogP contribution in [0.15, 0.2) is 48.7 Å². The number of ether oxygens (including phenoxy) is 2. The molecule has 0 aliphatic heterocycles. The van der Waals surface area contributed by atoms with Crippen LogP contribution in [0.25, 0.3) is 11.1 Å². The molecule has 0 saturated heterocycles. The van der Waals surface area contributed by atoms with E-state index >= 15 is 0 Å². The number of benzene rings is 2. The number of pyridine rings is 1. The molecular formula is C32H36FNO4. The Hall–Kier alpha value is -3.41. The Labute approximate surface area is 224 Å². The van der Waals surface area contributed by atoms with E-state index in [1.807, 2.05) is 24.3 Å². The number of aromatic nitrogens is 1. The summed E-state index contributed by atoms with van der Waals surface area (Å²) in [6.07, 6.45) is 7.59. The third-order valence-electron chi connectivity index (χ3n) is 8.46. The Kier molecular flexibility index (Phi) is 7.42. The lowest BCUT2D eigenvalue weighted by Gasteiger charge is -2.30. The topological polar surface area (TPSA) is 68.7 Å². The maximum absolute atomic E-state index is 15.0. The molecule has 1 saturated carbocycles. The number of carbonyl (C=O) groups is 1. The van der Waals surface area contributed by atoms with Gasteiger partial charge in [0, 0.05) is 11.6 Å².